The molecule has 0 aliphatic carbocycles. The van der Waals surface area contributed by atoms with E-state index in [1.54, 1.807) is 6.92 Å². The van der Waals surface area contributed by atoms with Gasteiger partial charge in [0.2, 0.25) is 0 Å². The van der Waals surface area contributed by atoms with Gasteiger partial charge in [0.15, 0.2) is 0 Å². The Morgan fingerprint density at radius 2 is 2.00 bits per heavy atom. The van der Waals surface area contributed by atoms with Gasteiger partial charge in [0.1, 0.15) is 5.78 Å². The Balaban J connectivity index is 3.03. The van der Waals surface area contributed by atoms with E-state index in [4.69, 9.17) is 0 Å². The maximum absolute atomic E-state index is 10.4. The molecule has 0 heterocycles. The van der Waals surface area contributed by atoms with Crippen LogP contribution in [0.3, 0.4) is 0 Å². The number of Topliss-reactive ketones (excluding diaryl/α,β-unsaturated/α-hetero) is 1. The van der Waals surface area contributed by atoms with Gasteiger partial charge in [-0.05, 0) is 13.8 Å². The Bertz CT molecular complexity index is 127. The minimum Gasteiger partial charge on any atom is -0.388 e. The molecule has 0 saturated carbocycles. The average molecular weight is 156 g/mol. The van der Waals surface area contributed by atoms with E-state index < -0.39 is 0 Å². The van der Waals surface area contributed by atoms with Crippen molar-refractivity contribution in [3.8, 4) is 0 Å². The van der Waals surface area contributed by atoms with Crippen molar-refractivity contribution < 1.29 is 4.79 Å². The Hall–Kier alpha value is -0.830. The molecule has 0 aliphatic rings. The number of rotatable bonds is 6. The lowest BCUT2D eigenvalue weighted by Gasteiger charge is -2.04. The van der Waals surface area contributed by atoms with E-state index in [0.29, 0.717) is 6.54 Å². The van der Waals surface area contributed by atoms with Crippen molar-refractivity contribution in [3.05, 3.63) is 12.3 Å². The summed E-state index contributed by atoms with van der Waals surface area (Å²) in [5.41, 5.74) is 0.953. The Morgan fingerprint density at radius 3 is 2.45 bits per heavy atom. The topological polar surface area (TPSA) is 41.1 Å². The molecule has 0 bridgehead atoms. The third-order valence-corrected chi connectivity index (χ3v) is 1.10. The van der Waals surface area contributed by atoms with Gasteiger partial charge in [0.25, 0.3) is 0 Å². The van der Waals surface area contributed by atoms with Gasteiger partial charge in [-0.2, -0.15) is 0 Å². The summed E-state index contributed by atoms with van der Waals surface area (Å²) < 4.78 is 0. The van der Waals surface area contributed by atoms with Crippen molar-refractivity contribution in [2.75, 3.05) is 19.6 Å². The van der Waals surface area contributed by atoms with E-state index >= 15 is 0 Å². The fourth-order valence-corrected chi connectivity index (χ4v) is 0.629. The molecule has 0 aliphatic heterocycles. The highest BCUT2D eigenvalue weighted by Gasteiger charge is 1.90. The standard InChI is InChI=1S/C8H16N2O/c1-7(2)10-5-4-9-6-8(3)11/h9-10H,1,4-6H2,2-3H3. The second-order valence-electron chi connectivity index (χ2n) is 2.59. The van der Waals surface area contributed by atoms with Crippen LogP contribution in [0, 0.1) is 0 Å². The van der Waals surface area contributed by atoms with E-state index in [9.17, 15) is 4.79 Å². The molecule has 0 spiro atoms. The summed E-state index contributed by atoms with van der Waals surface area (Å²) in [7, 11) is 0. The van der Waals surface area contributed by atoms with Crippen molar-refractivity contribution in [2.45, 2.75) is 13.8 Å². The van der Waals surface area contributed by atoms with Crippen LogP contribution in [0.25, 0.3) is 0 Å². The third kappa shape index (κ3) is 9.17. The van der Waals surface area contributed by atoms with Crippen LogP contribution in [-0.2, 0) is 4.79 Å². The first-order chi connectivity index (χ1) is 5.13. The average Bonchev–Trinajstić information content (AvgIpc) is 1.85. The van der Waals surface area contributed by atoms with Crippen LogP contribution in [0.15, 0.2) is 12.3 Å². The van der Waals surface area contributed by atoms with E-state index in [2.05, 4.69) is 17.2 Å². The molecule has 11 heavy (non-hydrogen) atoms. The summed E-state index contributed by atoms with van der Waals surface area (Å²) in [6, 6.07) is 0. The molecule has 0 aromatic carbocycles. The highest BCUT2D eigenvalue weighted by Crippen LogP contribution is 1.74. The molecule has 3 heteroatoms. The smallest absolute Gasteiger partial charge is 0.143 e. The van der Waals surface area contributed by atoms with Gasteiger partial charge in [-0.15, -0.1) is 0 Å². The number of allylic oxidation sites excluding steroid dienone is 1. The molecule has 0 fully saturated rings. The zero-order valence-electron chi connectivity index (χ0n) is 7.24. The molecule has 3 nitrogen and oxygen atoms in total. The van der Waals surface area contributed by atoms with Gasteiger partial charge in [-0.1, -0.05) is 6.58 Å². The third-order valence-electron chi connectivity index (χ3n) is 1.10. The SMILES string of the molecule is C=C(C)NCCNCC(C)=O. The van der Waals surface area contributed by atoms with E-state index in [1.165, 1.54) is 0 Å². The summed E-state index contributed by atoms with van der Waals surface area (Å²) in [4.78, 5) is 10.4. The van der Waals surface area contributed by atoms with Gasteiger partial charge in [-0.25, -0.2) is 0 Å². The summed E-state index contributed by atoms with van der Waals surface area (Å²) in [5.74, 6) is 0.167. The van der Waals surface area contributed by atoms with Gasteiger partial charge in [-0.3, -0.25) is 4.79 Å². The summed E-state index contributed by atoms with van der Waals surface area (Å²) >= 11 is 0. The number of carbonyl (C=O) groups excluding carboxylic acids is 1. The van der Waals surface area contributed by atoms with E-state index in [0.717, 1.165) is 18.8 Å². The van der Waals surface area contributed by atoms with Crippen LogP contribution in [0.4, 0.5) is 0 Å². The fourth-order valence-electron chi connectivity index (χ4n) is 0.629. The fraction of sp³-hybridized carbons (Fsp3) is 0.625. The van der Waals surface area contributed by atoms with Crippen molar-refractivity contribution >= 4 is 5.78 Å². The minimum atomic E-state index is 0.167. The predicted molar refractivity (Wildman–Crippen MR) is 46.4 cm³/mol. The lowest BCUT2D eigenvalue weighted by molar-refractivity contribution is -0.116. The largest absolute Gasteiger partial charge is 0.388 e. The van der Waals surface area contributed by atoms with E-state index in [-0.39, 0.29) is 5.78 Å². The highest BCUT2D eigenvalue weighted by molar-refractivity contribution is 5.77. The molecule has 0 aromatic heterocycles. The molecule has 0 radical (unpaired) electrons. The molecule has 2 N–H and O–H groups in total. The molecule has 64 valence electrons. The number of carbonyl (C=O) groups is 1. The van der Waals surface area contributed by atoms with Crippen LogP contribution in [0.2, 0.25) is 0 Å². The van der Waals surface area contributed by atoms with Gasteiger partial charge < -0.3 is 10.6 Å². The van der Waals surface area contributed by atoms with Crippen molar-refractivity contribution in [1.82, 2.24) is 10.6 Å². The first kappa shape index (κ1) is 10.2. The molecule has 0 saturated heterocycles. The molecular formula is C8H16N2O. The quantitative estimate of drug-likeness (QED) is 0.543. The number of nitrogens with one attached hydrogen (secondary N) is 2. The Labute approximate surface area is 67.9 Å². The molecule has 0 rings (SSSR count). The monoisotopic (exact) mass is 156 g/mol. The van der Waals surface area contributed by atoms with Crippen LogP contribution >= 0.6 is 0 Å². The zero-order valence-corrected chi connectivity index (χ0v) is 7.24. The maximum atomic E-state index is 10.4. The molecule has 0 aromatic rings. The van der Waals surface area contributed by atoms with Crippen molar-refractivity contribution in [2.24, 2.45) is 0 Å². The normalized spacial score (nSPS) is 9.27. The highest BCUT2D eigenvalue weighted by atomic mass is 16.1. The summed E-state index contributed by atoms with van der Waals surface area (Å²) in [6.07, 6.45) is 0. The number of hydrogen-bond acceptors (Lipinski definition) is 3. The first-order valence-electron chi connectivity index (χ1n) is 3.72. The lowest BCUT2D eigenvalue weighted by Crippen LogP contribution is -2.29. The molecular weight excluding hydrogens is 140 g/mol. The van der Waals surface area contributed by atoms with Crippen molar-refractivity contribution in [3.63, 3.8) is 0 Å². The van der Waals surface area contributed by atoms with Gasteiger partial charge in [0, 0.05) is 18.8 Å². The second-order valence-corrected chi connectivity index (χ2v) is 2.59. The maximum Gasteiger partial charge on any atom is 0.143 e. The van der Waals surface area contributed by atoms with Crippen LogP contribution in [-0.4, -0.2) is 25.4 Å². The Kier molecular flexibility index (Phi) is 5.47. The predicted octanol–water partition coefficient (Wildman–Crippen LogP) is 0.288. The molecule has 0 amide bonds. The number of hydrogen-bond donors (Lipinski definition) is 2. The summed E-state index contributed by atoms with van der Waals surface area (Å²) in [5, 5.41) is 6.04. The number of ketones is 1. The zero-order chi connectivity index (χ0) is 8.69. The molecule has 0 atom stereocenters. The van der Waals surface area contributed by atoms with Gasteiger partial charge >= 0.3 is 0 Å². The van der Waals surface area contributed by atoms with E-state index in [1.807, 2.05) is 6.92 Å². The van der Waals surface area contributed by atoms with Crippen LogP contribution in [0.1, 0.15) is 13.8 Å². The van der Waals surface area contributed by atoms with Gasteiger partial charge in [0.05, 0.1) is 6.54 Å². The lowest BCUT2D eigenvalue weighted by atomic mass is 10.4. The minimum absolute atomic E-state index is 0.167. The summed E-state index contributed by atoms with van der Waals surface area (Å²) in [6.45, 7) is 9.23. The van der Waals surface area contributed by atoms with Crippen LogP contribution < -0.4 is 10.6 Å². The van der Waals surface area contributed by atoms with Crippen LogP contribution in [0.5, 0.6) is 0 Å². The van der Waals surface area contributed by atoms with Crippen molar-refractivity contribution in [1.29, 1.82) is 0 Å². The Morgan fingerprint density at radius 1 is 1.36 bits per heavy atom. The second kappa shape index (κ2) is 5.92. The molecule has 0 unspecified atom stereocenters. The first-order valence-corrected chi connectivity index (χ1v) is 3.72.